The van der Waals surface area contributed by atoms with Gasteiger partial charge in [-0.25, -0.2) is 15.0 Å². The predicted octanol–water partition coefficient (Wildman–Crippen LogP) is 2.72. The molecule has 0 bridgehead atoms. The van der Waals surface area contributed by atoms with Crippen LogP contribution in [0.3, 0.4) is 0 Å². The van der Waals surface area contributed by atoms with E-state index in [1.165, 1.54) is 11.8 Å². The fourth-order valence-corrected chi connectivity index (χ4v) is 4.01. The minimum absolute atomic E-state index is 0.104. The number of thioether (sulfide) groups is 1. The van der Waals surface area contributed by atoms with Gasteiger partial charge in [-0.2, -0.15) is 0 Å². The first-order valence-electron chi connectivity index (χ1n) is 9.96. The van der Waals surface area contributed by atoms with E-state index in [4.69, 9.17) is 14.5 Å². The maximum atomic E-state index is 10.2. The first-order chi connectivity index (χ1) is 14.7. The average molecular weight is 427 g/mol. The minimum Gasteiger partial charge on any atom is -0.389 e. The van der Waals surface area contributed by atoms with E-state index >= 15 is 0 Å². The van der Waals surface area contributed by atoms with Crippen molar-refractivity contribution < 1.29 is 14.6 Å². The molecule has 3 heterocycles. The summed E-state index contributed by atoms with van der Waals surface area (Å²) in [7, 11) is 1.65. The number of aliphatic hydroxyl groups is 1. The van der Waals surface area contributed by atoms with E-state index < -0.39 is 12.3 Å². The molecule has 2 aromatic heterocycles. The molecule has 8 heteroatoms. The fraction of sp³-hybridized carbons (Fsp3) is 0.409. The second-order valence-electron chi connectivity index (χ2n) is 7.30. The quantitative estimate of drug-likeness (QED) is 0.339. The van der Waals surface area contributed by atoms with Crippen LogP contribution >= 0.6 is 11.8 Å². The summed E-state index contributed by atoms with van der Waals surface area (Å²) in [5, 5.41) is 15.5. The third kappa shape index (κ3) is 4.79. The van der Waals surface area contributed by atoms with E-state index in [0.717, 1.165) is 39.3 Å². The van der Waals surface area contributed by atoms with Crippen LogP contribution in [0.1, 0.15) is 29.5 Å². The largest absolute Gasteiger partial charge is 0.389 e. The number of nitrogens with zero attached hydrogens (tertiary/aromatic N) is 3. The number of pyridine rings is 1. The smallest absolute Gasteiger partial charge is 0.187 e. The predicted molar refractivity (Wildman–Crippen MR) is 116 cm³/mol. The Hall–Kier alpha value is -2.10. The van der Waals surface area contributed by atoms with Crippen LogP contribution < -0.4 is 5.32 Å². The number of methoxy groups -OCH3 is 1. The number of fused-ring (bicyclic) bond motifs is 1. The molecule has 1 aliphatic rings. The summed E-state index contributed by atoms with van der Waals surface area (Å²) >= 11 is 1.53. The Morgan fingerprint density at radius 3 is 2.83 bits per heavy atom. The molecule has 0 amide bonds. The second-order valence-corrected chi connectivity index (χ2v) is 8.07. The number of aliphatic hydroxyl groups excluding tert-OH is 1. The van der Waals surface area contributed by atoms with Crippen LogP contribution in [-0.4, -0.2) is 58.8 Å². The molecule has 0 radical (unpaired) electrons. The van der Waals surface area contributed by atoms with E-state index in [1.807, 2.05) is 36.8 Å². The van der Waals surface area contributed by atoms with Gasteiger partial charge in [-0.15, -0.1) is 0 Å². The first-order valence-corrected chi connectivity index (χ1v) is 11.2. The summed E-state index contributed by atoms with van der Waals surface area (Å²) in [4.78, 5) is 13.6. The Morgan fingerprint density at radius 2 is 2.10 bits per heavy atom. The molecule has 0 spiro atoms. The third-order valence-electron chi connectivity index (χ3n) is 5.28. The van der Waals surface area contributed by atoms with E-state index in [9.17, 15) is 5.11 Å². The van der Waals surface area contributed by atoms with Crippen LogP contribution in [0, 0.1) is 0 Å². The van der Waals surface area contributed by atoms with Gasteiger partial charge in [0.05, 0.1) is 23.9 Å². The Balaban J connectivity index is 1.65. The lowest BCUT2D eigenvalue weighted by atomic mass is 10.0. The number of hydrogen-bond acceptors (Lipinski definition) is 8. The molecule has 3 unspecified atom stereocenters. The zero-order chi connectivity index (χ0) is 20.9. The number of nitrogens with one attached hydrogen (secondary N) is 1. The molecule has 1 aliphatic heterocycles. The van der Waals surface area contributed by atoms with Gasteiger partial charge in [0, 0.05) is 44.0 Å². The first kappa shape index (κ1) is 21.1. The van der Waals surface area contributed by atoms with Crippen molar-refractivity contribution in [2.75, 3.05) is 26.6 Å². The van der Waals surface area contributed by atoms with E-state index in [0.29, 0.717) is 19.6 Å². The topological polar surface area (TPSA) is 89.4 Å². The van der Waals surface area contributed by atoms with Crippen LogP contribution in [0.2, 0.25) is 0 Å². The highest BCUT2D eigenvalue weighted by Crippen LogP contribution is 2.25. The molecule has 1 aromatic carbocycles. The summed E-state index contributed by atoms with van der Waals surface area (Å²) in [5.74, 6) is 0. The molecule has 1 saturated heterocycles. The highest BCUT2D eigenvalue weighted by Gasteiger charge is 2.27. The molecule has 2 N–H and O–H groups in total. The third-order valence-corrected chi connectivity index (χ3v) is 5.85. The molecule has 0 aliphatic carbocycles. The number of ether oxygens (including phenoxy) is 2. The van der Waals surface area contributed by atoms with Gasteiger partial charge in [0.25, 0.3) is 0 Å². The van der Waals surface area contributed by atoms with Gasteiger partial charge >= 0.3 is 0 Å². The van der Waals surface area contributed by atoms with Crippen molar-refractivity contribution in [2.24, 2.45) is 0 Å². The number of aromatic nitrogens is 3. The standard InChI is InChI=1S/C22H26N4O3S/c1-28-21(26-18-7-8-29-13-20(18)27)19-10-15(16-5-3-4-6-17(16)25-19)9-14-11-23-22(30-2)24-12-14/h3-6,10-12,18,20-21,26-27H,7-9,13H2,1-2H3. The minimum atomic E-state index is -0.566. The number of hydrogen-bond donors (Lipinski definition) is 2. The van der Waals surface area contributed by atoms with Crippen LogP contribution in [0.25, 0.3) is 10.9 Å². The van der Waals surface area contributed by atoms with Crippen molar-refractivity contribution in [1.82, 2.24) is 20.3 Å². The molecule has 1 fully saturated rings. The zero-order valence-corrected chi connectivity index (χ0v) is 17.9. The summed E-state index contributed by atoms with van der Waals surface area (Å²) in [6.07, 6.45) is 6.13. The number of rotatable bonds is 7. The van der Waals surface area contributed by atoms with Crippen LogP contribution in [-0.2, 0) is 15.9 Å². The number of para-hydroxylation sites is 1. The SMILES string of the molecule is COC(NC1CCOCC1O)c1cc(Cc2cnc(SC)nc2)c2ccccc2n1. The van der Waals surface area contributed by atoms with Gasteiger partial charge in [-0.05, 0) is 35.9 Å². The second kappa shape index (κ2) is 9.80. The van der Waals surface area contributed by atoms with Crippen molar-refractivity contribution in [2.45, 2.75) is 36.4 Å². The normalized spacial score (nSPS) is 20.4. The van der Waals surface area contributed by atoms with E-state index in [2.05, 4.69) is 27.4 Å². The Morgan fingerprint density at radius 1 is 1.30 bits per heavy atom. The van der Waals surface area contributed by atoms with Gasteiger partial charge in [-0.3, -0.25) is 5.32 Å². The zero-order valence-electron chi connectivity index (χ0n) is 17.1. The average Bonchev–Trinajstić information content (AvgIpc) is 2.79. The van der Waals surface area contributed by atoms with Crippen molar-refractivity contribution in [3.05, 3.63) is 59.5 Å². The van der Waals surface area contributed by atoms with Gasteiger partial charge in [0.1, 0.15) is 0 Å². The summed E-state index contributed by atoms with van der Waals surface area (Å²) in [5.41, 5.74) is 3.86. The lowest BCUT2D eigenvalue weighted by Gasteiger charge is -2.31. The lowest BCUT2D eigenvalue weighted by Crippen LogP contribution is -2.48. The Kier molecular flexibility index (Phi) is 6.91. The molecule has 0 saturated carbocycles. The van der Waals surface area contributed by atoms with Crippen molar-refractivity contribution in [3.8, 4) is 0 Å². The monoisotopic (exact) mass is 426 g/mol. The maximum Gasteiger partial charge on any atom is 0.187 e. The maximum absolute atomic E-state index is 10.2. The lowest BCUT2D eigenvalue weighted by molar-refractivity contribution is -0.0491. The summed E-state index contributed by atoms with van der Waals surface area (Å²) in [6.45, 7) is 0.949. The van der Waals surface area contributed by atoms with Crippen LogP contribution in [0.4, 0.5) is 0 Å². The van der Waals surface area contributed by atoms with Crippen LogP contribution in [0.15, 0.2) is 47.9 Å². The van der Waals surface area contributed by atoms with Gasteiger partial charge < -0.3 is 14.6 Å². The summed E-state index contributed by atoms with van der Waals surface area (Å²) in [6, 6.07) is 10.1. The van der Waals surface area contributed by atoms with Gasteiger partial charge in [0.2, 0.25) is 0 Å². The highest BCUT2D eigenvalue weighted by atomic mass is 32.2. The van der Waals surface area contributed by atoms with Crippen LogP contribution in [0.5, 0.6) is 0 Å². The van der Waals surface area contributed by atoms with E-state index in [1.54, 1.807) is 7.11 Å². The van der Waals surface area contributed by atoms with Gasteiger partial charge in [-0.1, -0.05) is 30.0 Å². The van der Waals surface area contributed by atoms with Gasteiger partial charge in [0.15, 0.2) is 11.4 Å². The Bertz CT molecular complexity index is 986. The van der Waals surface area contributed by atoms with Crippen molar-refractivity contribution in [1.29, 1.82) is 0 Å². The molecule has 3 atom stereocenters. The molecule has 4 rings (SSSR count). The van der Waals surface area contributed by atoms with Crippen molar-refractivity contribution >= 4 is 22.7 Å². The molecular formula is C22H26N4O3S. The molecule has 158 valence electrons. The fourth-order valence-electron chi connectivity index (χ4n) is 3.70. The Labute approximate surface area is 180 Å². The van der Waals surface area contributed by atoms with E-state index in [-0.39, 0.29) is 6.04 Å². The van der Waals surface area contributed by atoms with Crippen molar-refractivity contribution in [3.63, 3.8) is 0 Å². The molecular weight excluding hydrogens is 400 g/mol. The number of benzene rings is 1. The molecule has 7 nitrogen and oxygen atoms in total. The summed E-state index contributed by atoms with van der Waals surface area (Å²) < 4.78 is 11.1. The molecule has 30 heavy (non-hydrogen) atoms. The molecule has 3 aromatic rings. The highest BCUT2D eigenvalue weighted by molar-refractivity contribution is 7.98.